The van der Waals surface area contributed by atoms with Crippen LogP contribution in [0.4, 0.5) is 0 Å². The minimum Gasteiger partial charge on any atom is -0.504 e. The minimum absolute atomic E-state index is 0.0107. The molecular formula is C17H18N4O3. The van der Waals surface area contributed by atoms with Crippen molar-refractivity contribution >= 4 is 11.8 Å². The molecule has 3 heterocycles. The summed E-state index contributed by atoms with van der Waals surface area (Å²) >= 11 is 0. The Morgan fingerprint density at radius 2 is 2.08 bits per heavy atom. The van der Waals surface area contributed by atoms with Gasteiger partial charge in [0.15, 0.2) is 11.4 Å². The van der Waals surface area contributed by atoms with Crippen molar-refractivity contribution < 1.29 is 14.7 Å². The smallest absolute Gasteiger partial charge is 0.278 e. The Balaban J connectivity index is 1.63. The molecule has 2 fully saturated rings. The molecule has 2 aromatic rings. The molecule has 2 N–H and O–H groups in total. The van der Waals surface area contributed by atoms with Gasteiger partial charge in [-0.1, -0.05) is 18.2 Å². The lowest BCUT2D eigenvalue weighted by atomic mass is 9.91. The van der Waals surface area contributed by atoms with Gasteiger partial charge in [-0.3, -0.25) is 9.59 Å². The fourth-order valence-electron chi connectivity index (χ4n) is 3.57. The second-order valence-electron chi connectivity index (χ2n) is 6.20. The van der Waals surface area contributed by atoms with E-state index >= 15 is 0 Å². The number of rotatable bonds is 2. The van der Waals surface area contributed by atoms with E-state index in [0.717, 1.165) is 18.5 Å². The van der Waals surface area contributed by atoms with Crippen LogP contribution in [0.2, 0.25) is 0 Å². The van der Waals surface area contributed by atoms with Crippen LogP contribution in [0.1, 0.15) is 23.3 Å². The highest BCUT2D eigenvalue weighted by Crippen LogP contribution is 2.30. The van der Waals surface area contributed by atoms with Crippen molar-refractivity contribution in [2.24, 2.45) is 5.92 Å². The average molecular weight is 326 g/mol. The minimum atomic E-state index is -0.326. The van der Waals surface area contributed by atoms with E-state index in [1.807, 2.05) is 30.3 Å². The number of nitrogens with zero attached hydrogens (tertiary/aromatic N) is 3. The third-order valence-corrected chi connectivity index (χ3v) is 4.78. The van der Waals surface area contributed by atoms with Gasteiger partial charge in [0.1, 0.15) is 0 Å². The summed E-state index contributed by atoms with van der Waals surface area (Å²) in [6, 6.07) is 9.15. The molecule has 1 aromatic carbocycles. The van der Waals surface area contributed by atoms with Crippen LogP contribution >= 0.6 is 0 Å². The molecule has 0 saturated carbocycles. The van der Waals surface area contributed by atoms with Crippen LogP contribution in [0, 0.1) is 5.92 Å². The number of amides is 2. The van der Waals surface area contributed by atoms with Gasteiger partial charge >= 0.3 is 0 Å². The number of likely N-dealkylation sites (tertiary alicyclic amines) is 1. The number of aromatic hydroxyl groups is 1. The van der Waals surface area contributed by atoms with Crippen molar-refractivity contribution in [1.82, 2.24) is 20.0 Å². The Morgan fingerprint density at radius 1 is 1.29 bits per heavy atom. The molecule has 0 bridgehead atoms. The van der Waals surface area contributed by atoms with Crippen LogP contribution in [0.15, 0.2) is 36.5 Å². The van der Waals surface area contributed by atoms with Crippen LogP contribution in [-0.2, 0) is 4.79 Å². The van der Waals surface area contributed by atoms with Gasteiger partial charge in [-0.05, 0) is 25.0 Å². The summed E-state index contributed by atoms with van der Waals surface area (Å²) in [4.78, 5) is 26.4. The van der Waals surface area contributed by atoms with E-state index in [1.165, 1.54) is 10.9 Å². The lowest BCUT2D eigenvalue weighted by Crippen LogP contribution is -2.48. The van der Waals surface area contributed by atoms with Crippen LogP contribution < -0.4 is 5.32 Å². The first kappa shape index (κ1) is 14.7. The summed E-state index contributed by atoms with van der Waals surface area (Å²) in [6.45, 7) is 1.04. The Bertz CT molecular complexity index is 786. The molecular weight excluding hydrogens is 308 g/mol. The molecule has 2 aliphatic rings. The van der Waals surface area contributed by atoms with Gasteiger partial charge in [-0.25, -0.2) is 4.68 Å². The lowest BCUT2D eigenvalue weighted by Gasteiger charge is -2.35. The second kappa shape index (κ2) is 5.67. The first-order chi connectivity index (χ1) is 11.6. The van der Waals surface area contributed by atoms with E-state index in [0.29, 0.717) is 13.1 Å². The molecule has 24 heavy (non-hydrogen) atoms. The average Bonchev–Trinajstić information content (AvgIpc) is 3.18. The van der Waals surface area contributed by atoms with Crippen molar-refractivity contribution in [3.63, 3.8) is 0 Å². The van der Waals surface area contributed by atoms with Crippen LogP contribution in [0.3, 0.4) is 0 Å². The molecule has 2 saturated heterocycles. The highest BCUT2D eigenvalue weighted by Gasteiger charge is 2.43. The molecule has 1 aromatic heterocycles. The monoisotopic (exact) mass is 326 g/mol. The highest BCUT2D eigenvalue weighted by atomic mass is 16.3. The molecule has 0 aliphatic carbocycles. The van der Waals surface area contributed by atoms with E-state index in [-0.39, 0.29) is 35.2 Å². The first-order valence-corrected chi connectivity index (χ1v) is 8.08. The summed E-state index contributed by atoms with van der Waals surface area (Å²) in [6.07, 6.45) is 3.01. The molecule has 0 radical (unpaired) electrons. The standard InChI is InChI=1S/C17H18N4O3/c22-14-10-21(11-5-2-1-3-6-11)19-15(14)17(24)20-8-4-7-12-13(20)9-18-16(12)23/h1-3,5-6,10,12-13,22H,4,7-9H2,(H,18,23)/t12-,13-/m1/s1. The quantitative estimate of drug-likeness (QED) is 0.859. The Morgan fingerprint density at radius 3 is 2.88 bits per heavy atom. The predicted molar refractivity (Wildman–Crippen MR) is 85.8 cm³/mol. The maximum atomic E-state index is 12.9. The number of hydrogen-bond acceptors (Lipinski definition) is 4. The maximum absolute atomic E-state index is 12.9. The van der Waals surface area contributed by atoms with Crippen molar-refractivity contribution in [2.75, 3.05) is 13.1 Å². The second-order valence-corrected chi connectivity index (χ2v) is 6.20. The zero-order valence-electron chi connectivity index (χ0n) is 13.1. The van der Waals surface area contributed by atoms with Gasteiger partial charge in [-0.2, -0.15) is 5.10 Å². The summed E-state index contributed by atoms with van der Waals surface area (Å²) in [5.74, 6) is -0.616. The molecule has 0 unspecified atom stereocenters. The van der Waals surface area contributed by atoms with Crippen LogP contribution in [0.5, 0.6) is 5.75 Å². The topological polar surface area (TPSA) is 87.5 Å². The molecule has 124 valence electrons. The summed E-state index contributed by atoms with van der Waals surface area (Å²) in [5, 5.41) is 17.3. The zero-order valence-corrected chi connectivity index (χ0v) is 13.1. The summed E-state index contributed by atoms with van der Waals surface area (Å²) in [5.41, 5.74) is 0.792. The fourth-order valence-corrected chi connectivity index (χ4v) is 3.57. The number of hydrogen-bond donors (Lipinski definition) is 2. The number of nitrogens with one attached hydrogen (secondary N) is 1. The number of fused-ring (bicyclic) bond motifs is 1. The number of carbonyl (C=O) groups excluding carboxylic acids is 2. The fraction of sp³-hybridized carbons (Fsp3) is 0.353. The van der Waals surface area contributed by atoms with Crippen molar-refractivity contribution in [3.8, 4) is 11.4 Å². The van der Waals surface area contributed by atoms with Crippen LogP contribution in [-0.4, -0.2) is 50.7 Å². The van der Waals surface area contributed by atoms with Crippen LogP contribution in [0.25, 0.3) is 5.69 Å². The molecule has 4 rings (SSSR count). The van der Waals surface area contributed by atoms with Crippen molar-refractivity contribution in [1.29, 1.82) is 0 Å². The largest absolute Gasteiger partial charge is 0.504 e. The maximum Gasteiger partial charge on any atom is 0.278 e. The van der Waals surface area contributed by atoms with Gasteiger partial charge < -0.3 is 15.3 Å². The normalized spacial score (nSPS) is 23.0. The number of carbonyl (C=O) groups is 2. The Kier molecular flexibility index (Phi) is 3.48. The van der Waals surface area contributed by atoms with Gasteiger partial charge in [0, 0.05) is 13.1 Å². The Labute approximate surface area is 138 Å². The lowest BCUT2D eigenvalue weighted by molar-refractivity contribution is -0.123. The SMILES string of the molecule is O=C1NC[C@@H]2[C@H]1CCCN2C(=O)c1nn(-c2ccccc2)cc1O. The van der Waals surface area contributed by atoms with E-state index in [2.05, 4.69) is 10.4 Å². The number of benzene rings is 1. The summed E-state index contributed by atoms with van der Waals surface area (Å²) in [7, 11) is 0. The van der Waals surface area contributed by atoms with Gasteiger partial charge in [0.05, 0.1) is 23.8 Å². The highest BCUT2D eigenvalue weighted by molar-refractivity contribution is 5.96. The third-order valence-electron chi connectivity index (χ3n) is 4.78. The Hall–Kier alpha value is -2.83. The zero-order chi connectivity index (χ0) is 16.7. The predicted octanol–water partition coefficient (Wildman–Crippen LogP) is 0.928. The molecule has 2 aliphatic heterocycles. The van der Waals surface area contributed by atoms with E-state index < -0.39 is 0 Å². The first-order valence-electron chi connectivity index (χ1n) is 8.08. The number of aromatic nitrogens is 2. The van der Waals surface area contributed by atoms with E-state index in [1.54, 1.807) is 4.90 Å². The summed E-state index contributed by atoms with van der Waals surface area (Å²) < 4.78 is 1.49. The molecule has 2 amide bonds. The van der Waals surface area contributed by atoms with Crippen molar-refractivity contribution in [2.45, 2.75) is 18.9 Å². The van der Waals surface area contributed by atoms with Crippen molar-refractivity contribution in [3.05, 3.63) is 42.2 Å². The van der Waals surface area contributed by atoms with Gasteiger partial charge in [0.2, 0.25) is 5.91 Å². The van der Waals surface area contributed by atoms with Gasteiger partial charge in [-0.15, -0.1) is 0 Å². The number of para-hydroxylation sites is 1. The van der Waals surface area contributed by atoms with E-state index in [9.17, 15) is 14.7 Å². The molecule has 7 nitrogen and oxygen atoms in total. The molecule has 2 atom stereocenters. The molecule has 7 heteroatoms. The third kappa shape index (κ3) is 2.33. The van der Waals surface area contributed by atoms with E-state index in [4.69, 9.17) is 0 Å². The van der Waals surface area contributed by atoms with Gasteiger partial charge in [0.25, 0.3) is 5.91 Å². The number of piperidine rings is 1. The molecule has 0 spiro atoms.